The standard InChI is InChI=1S/C10H16FNO.C2H6/c1-5-12-7(2)6-13-10(8(3)11)9(12)4;1-2/h7H,4-6H2,1-3H3;1-2H3/b10-8-;. The van der Waals surface area contributed by atoms with E-state index < -0.39 is 0 Å². The van der Waals surface area contributed by atoms with Gasteiger partial charge in [-0.15, -0.1) is 0 Å². The van der Waals surface area contributed by atoms with Crippen molar-refractivity contribution in [2.45, 2.75) is 40.7 Å². The van der Waals surface area contributed by atoms with E-state index in [9.17, 15) is 4.39 Å². The summed E-state index contributed by atoms with van der Waals surface area (Å²) in [5.41, 5.74) is 0.654. The van der Waals surface area contributed by atoms with Crippen LogP contribution in [0.25, 0.3) is 0 Å². The molecule has 0 radical (unpaired) electrons. The maximum atomic E-state index is 12.9. The molecule has 0 amide bonds. The maximum absolute atomic E-state index is 12.9. The first kappa shape index (κ1) is 14.0. The Hall–Kier alpha value is -0.990. The van der Waals surface area contributed by atoms with Crippen molar-refractivity contribution in [1.82, 2.24) is 4.90 Å². The van der Waals surface area contributed by atoms with Gasteiger partial charge in [-0.05, 0) is 20.8 Å². The molecule has 1 aliphatic heterocycles. The number of rotatable bonds is 1. The molecule has 1 atom stereocenters. The van der Waals surface area contributed by atoms with Gasteiger partial charge in [-0.3, -0.25) is 0 Å². The third kappa shape index (κ3) is 3.26. The fourth-order valence-corrected chi connectivity index (χ4v) is 1.57. The second-order valence-corrected chi connectivity index (χ2v) is 3.26. The molecule has 0 spiro atoms. The minimum absolute atomic E-state index is 0.278. The normalized spacial score (nSPS) is 24.0. The molecule has 1 fully saturated rings. The predicted molar refractivity (Wildman–Crippen MR) is 62.1 cm³/mol. The highest BCUT2D eigenvalue weighted by atomic mass is 19.1. The smallest absolute Gasteiger partial charge is 0.173 e. The Balaban J connectivity index is 0.000000921. The number of allylic oxidation sites excluding steroid dienone is 1. The number of likely N-dealkylation sites (N-methyl/N-ethyl adjacent to an activating group) is 1. The monoisotopic (exact) mass is 215 g/mol. The molecule has 0 aliphatic carbocycles. The van der Waals surface area contributed by atoms with Gasteiger partial charge in [0.2, 0.25) is 0 Å². The predicted octanol–water partition coefficient (Wildman–Crippen LogP) is 3.47. The first-order chi connectivity index (χ1) is 7.07. The first-order valence-electron chi connectivity index (χ1n) is 5.53. The third-order valence-corrected chi connectivity index (χ3v) is 2.26. The lowest BCUT2D eigenvalue weighted by molar-refractivity contribution is 0.0802. The second kappa shape index (κ2) is 6.49. The van der Waals surface area contributed by atoms with Gasteiger partial charge in [0.1, 0.15) is 12.4 Å². The van der Waals surface area contributed by atoms with Crippen LogP contribution in [0.4, 0.5) is 4.39 Å². The van der Waals surface area contributed by atoms with E-state index in [0.29, 0.717) is 18.1 Å². The van der Waals surface area contributed by atoms with Gasteiger partial charge >= 0.3 is 0 Å². The van der Waals surface area contributed by atoms with Crippen molar-refractivity contribution in [3.63, 3.8) is 0 Å². The molecule has 1 saturated heterocycles. The minimum atomic E-state index is -0.296. The SMILES string of the molecule is C=C1/C(=C(\C)F)OCC(C)N1CC.CC. The number of hydrogen-bond acceptors (Lipinski definition) is 2. The molecule has 0 aromatic heterocycles. The van der Waals surface area contributed by atoms with E-state index in [0.717, 1.165) is 6.54 Å². The molecule has 2 nitrogen and oxygen atoms in total. The van der Waals surface area contributed by atoms with Crippen molar-refractivity contribution in [2.75, 3.05) is 13.2 Å². The summed E-state index contributed by atoms with van der Waals surface area (Å²) in [4.78, 5) is 2.04. The molecule has 1 unspecified atom stereocenters. The Morgan fingerprint density at radius 2 is 2.13 bits per heavy atom. The lowest BCUT2D eigenvalue weighted by atomic mass is 10.2. The quantitative estimate of drug-likeness (QED) is 0.664. The van der Waals surface area contributed by atoms with Crippen molar-refractivity contribution in [3.8, 4) is 0 Å². The summed E-state index contributed by atoms with van der Waals surface area (Å²) < 4.78 is 18.2. The Morgan fingerprint density at radius 1 is 1.60 bits per heavy atom. The lowest BCUT2D eigenvalue weighted by Gasteiger charge is -2.37. The number of ether oxygens (including phenoxy) is 1. The van der Waals surface area contributed by atoms with E-state index in [2.05, 4.69) is 6.58 Å². The molecule has 0 bridgehead atoms. The van der Waals surface area contributed by atoms with Crippen LogP contribution in [-0.4, -0.2) is 24.1 Å². The summed E-state index contributed by atoms with van der Waals surface area (Å²) in [5.74, 6) is 0.00954. The molecular formula is C12H22FNO. The fraction of sp³-hybridized carbons (Fsp3) is 0.667. The summed E-state index contributed by atoms with van der Waals surface area (Å²) >= 11 is 0. The Kier molecular flexibility index (Phi) is 6.06. The van der Waals surface area contributed by atoms with Crippen molar-refractivity contribution in [2.24, 2.45) is 0 Å². The summed E-state index contributed by atoms with van der Waals surface area (Å²) in [6.07, 6.45) is 0. The molecule has 15 heavy (non-hydrogen) atoms. The topological polar surface area (TPSA) is 12.5 Å². The van der Waals surface area contributed by atoms with Gasteiger partial charge in [-0.25, -0.2) is 4.39 Å². The molecule has 88 valence electrons. The highest BCUT2D eigenvalue weighted by Crippen LogP contribution is 2.26. The van der Waals surface area contributed by atoms with Crippen LogP contribution in [0.5, 0.6) is 0 Å². The Morgan fingerprint density at radius 3 is 2.53 bits per heavy atom. The molecule has 0 N–H and O–H groups in total. The average Bonchev–Trinajstić information content (AvgIpc) is 2.21. The van der Waals surface area contributed by atoms with Crippen LogP contribution >= 0.6 is 0 Å². The van der Waals surface area contributed by atoms with Crippen LogP contribution in [0.1, 0.15) is 34.6 Å². The fourth-order valence-electron chi connectivity index (χ4n) is 1.57. The zero-order chi connectivity index (χ0) is 12.0. The van der Waals surface area contributed by atoms with Gasteiger partial charge in [0.15, 0.2) is 5.76 Å². The molecule has 0 saturated carbocycles. The van der Waals surface area contributed by atoms with Gasteiger partial charge in [-0.2, -0.15) is 0 Å². The summed E-state index contributed by atoms with van der Waals surface area (Å²) in [6, 6.07) is 0.278. The molecule has 3 heteroatoms. The second-order valence-electron chi connectivity index (χ2n) is 3.26. The van der Waals surface area contributed by atoms with Gasteiger partial charge in [0, 0.05) is 6.54 Å². The van der Waals surface area contributed by atoms with Crippen molar-refractivity contribution in [1.29, 1.82) is 0 Å². The van der Waals surface area contributed by atoms with Gasteiger partial charge in [0.25, 0.3) is 0 Å². The zero-order valence-electron chi connectivity index (χ0n) is 10.4. The van der Waals surface area contributed by atoms with Crippen molar-refractivity contribution < 1.29 is 9.13 Å². The number of nitrogens with zero attached hydrogens (tertiary/aromatic N) is 1. The Labute approximate surface area is 92.4 Å². The zero-order valence-corrected chi connectivity index (χ0v) is 10.4. The summed E-state index contributed by atoms with van der Waals surface area (Å²) in [5, 5.41) is 0. The number of morpholine rings is 1. The molecule has 1 heterocycles. The van der Waals surface area contributed by atoms with Crippen LogP contribution in [0.15, 0.2) is 23.9 Å². The van der Waals surface area contributed by atoms with Gasteiger partial charge in [-0.1, -0.05) is 20.4 Å². The van der Waals surface area contributed by atoms with Crippen LogP contribution in [0.2, 0.25) is 0 Å². The minimum Gasteiger partial charge on any atom is -0.487 e. The third-order valence-electron chi connectivity index (χ3n) is 2.26. The first-order valence-corrected chi connectivity index (χ1v) is 5.53. The highest BCUT2D eigenvalue weighted by molar-refractivity contribution is 5.26. The van der Waals surface area contributed by atoms with Crippen molar-refractivity contribution >= 4 is 0 Å². The van der Waals surface area contributed by atoms with Crippen LogP contribution in [0.3, 0.4) is 0 Å². The van der Waals surface area contributed by atoms with E-state index in [-0.39, 0.29) is 11.9 Å². The van der Waals surface area contributed by atoms with Crippen LogP contribution < -0.4 is 0 Å². The average molecular weight is 215 g/mol. The molecule has 1 rings (SSSR count). The molecule has 0 aromatic carbocycles. The summed E-state index contributed by atoms with van der Waals surface area (Å²) in [7, 11) is 0. The number of hydrogen-bond donors (Lipinski definition) is 0. The molecule has 1 aliphatic rings. The van der Waals surface area contributed by atoms with E-state index >= 15 is 0 Å². The van der Waals surface area contributed by atoms with Gasteiger partial charge < -0.3 is 9.64 Å². The maximum Gasteiger partial charge on any atom is 0.173 e. The molecule has 0 aromatic rings. The molecular weight excluding hydrogens is 193 g/mol. The van der Waals surface area contributed by atoms with Crippen LogP contribution in [0, 0.1) is 0 Å². The van der Waals surface area contributed by atoms with E-state index in [4.69, 9.17) is 4.74 Å². The largest absolute Gasteiger partial charge is 0.487 e. The van der Waals surface area contributed by atoms with Crippen molar-refractivity contribution in [3.05, 3.63) is 23.9 Å². The highest BCUT2D eigenvalue weighted by Gasteiger charge is 2.25. The number of halogens is 1. The lowest BCUT2D eigenvalue weighted by Crippen LogP contribution is -2.40. The summed E-state index contributed by atoms with van der Waals surface area (Å²) in [6.45, 7) is 14.6. The van der Waals surface area contributed by atoms with E-state index in [1.165, 1.54) is 6.92 Å². The van der Waals surface area contributed by atoms with Gasteiger partial charge in [0.05, 0.1) is 11.7 Å². The van der Waals surface area contributed by atoms with E-state index in [1.807, 2.05) is 32.6 Å². The van der Waals surface area contributed by atoms with Crippen LogP contribution in [-0.2, 0) is 4.74 Å². The Bertz CT molecular complexity index is 244. The van der Waals surface area contributed by atoms with E-state index in [1.54, 1.807) is 0 Å².